The van der Waals surface area contributed by atoms with Crippen LogP contribution < -0.4 is 0 Å². The van der Waals surface area contributed by atoms with E-state index in [9.17, 15) is 0 Å². The maximum absolute atomic E-state index is 16.5. The summed E-state index contributed by atoms with van der Waals surface area (Å²) in [6.45, 7) is 13.5. The fourth-order valence-corrected chi connectivity index (χ4v) is 18.3. The van der Waals surface area contributed by atoms with Crippen LogP contribution in [0.25, 0.3) is 22.3 Å². The molecule has 702 valence electrons. The highest BCUT2D eigenvalue weighted by Crippen LogP contribution is 2.60. The summed E-state index contributed by atoms with van der Waals surface area (Å²) >= 11 is 0. The predicted molar refractivity (Wildman–Crippen MR) is 514 cm³/mol. The molecule has 0 N–H and O–H groups in total. The summed E-state index contributed by atoms with van der Waals surface area (Å²) in [4.78, 5) is 98.3. The van der Waals surface area contributed by atoms with E-state index in [1.54, 1.807) is 24.3 Å². The van der Waals surface area contributed by atoms with Gasteiger partial charge in [0.2, 0.25) is 0 Å². The van der Waals surface area contributed by atoms with E-state index in [2.05, 4.69) is 41.5 Å². The average Bonchev–Trinajstić information content (AvgIpc) is 1.68. The van der Waals surface area contributed by atoms with Crippen LogP contribution in [0.5, 0.6) is 0 Å². The first-order chi connectivity index (χ1) is 60.4. The molecular weight excluding hydrogens is 1530 g/mol. The van der Waals surface area contributed by atoms with E-state index in [-0.39, 0.29) is 49.7 Å². The van der Waals surface area contributed by atoms with Gasteiger partial charge in [-0.05, 0) is 60.8 Å². The molecule has 0 amide bonds. The van der Waals surface area contributed by atoms with Crippen molar-refractivity contribution in [2.45, 2.75) is 560 Å². The monoisotopic (exact) mass is 1710 g/mol. The molecule has 0 bridgehead atoms. The van der Waals surface area contributed by atoms with Crippen molar-refractivity contribution in [3.8, 4) is 22.3 Å². The molecule has 123 heavy (non-hydrogen) atoms. The SMILES string of the molecule is CCCCCCCCCCCCCCC(=O)OC1(OC(=O)CCCCCCCCCCCCCC)c2ccccc2-c2ccccc2-c2ccccc2C(OC(=O)CCCCCCCCCCCCCC)(OC(=O)CCCCCCCCCCCCCC)C1(OC(=O)CCCCCCCCCCCCCC)OC(=O)CCCCCCCCCCCCCC. The molecular formula is C111H186O12. The topological polar surface area (TPSA) is 158 Å². The van der Waals surface area contributed by atoms with Crippen LogP contribution in [0.3, 0.4) is 0 Å². The van der Waals surface area contributed by atoms with Crippen LogP contribution in [-0.2, 0) is 68.8 Å². The number of rotatable bonds is 84. The number of fused-ring (bicyclic) bond motifs is 5. The molecule has 3 aromatic rings. The molecule has 1 aliphatic carbocycles. The first kappa shape index (κ1) is 110. The quantitative estimate of drug-likeness (QED) is 0.0228. The van der Waals surface area contributed by atoms with Gasteiger partial charge in [0, 0.05) is 38.5 Å². The van der Waals surface area contributed by atoms with Gasteiger partial charge in [0.05, 0.1) is 11.1 Å². The smallest absolute Gasteiger partial charge is 0.410 e. The number of esters is 6. The summed E-state index contributed by atoms with van der Waals surface area (Å²) in [5, 5.41) is 0. The Hall–Kier alpha value is -5.52. The molecule has 0 aromatic heterocycles. The van der Waals surface area contributed by atoms with Crippen molar-refractivity contribution in [2.24, 2.45) is 0 Å². The van der Waals surface area contributed by atoms with E-state index in [4.69, 9.17) is 28.4 Å². The van der Waals surface area contributed by atoms with E-state index in [1.807, 2.05) is 48.5 Å². The summed E-state index contributed by atoms with van der Waals surface area (Å²) in [5.74, 6) is -15.1. The number of unbranched alkanes of at least 4 members (excludes halogenated alkanes) is 66. The molecule has 0 saturated carbocycles. The molecule has 0 aliphatic heterocycles. The highest BCUT2D eigenvalue weighted by Gasteiger charge is 2.82. The van der Waals surface area contributed by atoms with Gasteiger partial charge < -0.3 is 28.4 Å². The van der Waals surface area contributed by atoms with Gasteiger partial charge in [0.1, 0.15) is 0 Å². The molecule has 4 rings (SSSR count). The van der Waals surface area contributed by atoms with Crippen molar-refractivity contribution in [1.82, 2.24) is 0 Å². The first-order valence-corrected chi connectivity index (χ1v) is 53.0. The standard InChI is InChI=1S/C111H186O12/c1-7-13-19-25-31-37-43-49-55-61-67-73-91-103(112)118-109(119-104(113)92-74-68-62-56-50-44-38-32-26-20-14-8-2)101-89-83-81-87-99(101)97-85-79-80-86-98(97)100-88-82-84-90-102(100)110(120-105(114)93-75-69-63-57-51-45-39-33-27-21-15-9-3,121-106(115)94-76-70-64-58-52-46-40-34-28-22-16-10-4)111(109,122-107(116)95-77-71-65-59-53-47-41-35-29-23-17-11-5)123-108(117)96-78-72-66-60-54-48-42-36-30-24-18-12-6/h79-90H,7-78,91-96H2,1-6H3. The molecule has 0 spiro atoms. The summed E-state index contributed by atoms with van der Waals surface area (Å²) in [5.41, 5.74) is 1.90. The minimum absolute atomic E-state index is 0.0222. The van der Waals surface area contributed by atoms with Crippen molar-refractivity contribution in [3.05, 3.63) is 83.9 Å². The third kappa shape index (κ3) is 47.4. The van der Waals surface area contributed by atoms with E-state index in [0.29, 0.717) is 99.3 Å². The Labute approximate surface area is 754 Å². The van der Waals surface area contributed by atoms with Crippen molar-refractivity contribution >= 4 is 35.8 Å². The second-order valence-electron chi connectivity index (χ2n) is 37.2. The van der Waals surface area contributed by atoms with Crippen LogP contribution in [0, 0.1) is 0 Å². The zero-order chi connectivity index (χ0) is 88.3. The minimum Gasteiger partial charge on any atom is -0.410 e. The van der Waals surface area contributed by atoms with Crippen LogP contribution in [0.15, 0.2) is 72.8 Å². The van der Waals surface area contributed by atoms with E-state index in [0.717, 1.165) is 154 Å². The Morgan fingerprint density at radius 3 is 0.463 bits per heavy atom. The average molecular weight is 1710 g/mol. The summed E-state index contributed by atoms with van der Waals surface area (Å²) in [6, 6.07) is 21.9. The predicted octanol–water partition coefficient (Wildman–Crippen LogP) is 34.8. The zero-order valence-electron chi connectivity index (χ0n) is 80.5. The van der Waals surface area contributed by atoms with E-state index in [1.165, 1.54) is 231 Å². The number of carbonyl (C=O) groups excluding carboxylic acids is 6. The van der Waals surface area contributed by atoms with Crippen LogP contribution in [0.2, 0.25) is 0 Å². The molecule has 0 unspecified atom stereocenters. The van der Waals surface area contributed by atoms with Gasteiger partial charge in [-0.25, -0.2) is 0 Å². The largest absolute Gasteiger partial charge is 0.424 e. The lowest BCUT2D eigenvalue weighted by atomic mass is 9.82. The van der Waals surface area contributed by atoms with Gasteiger partial charge in [-0.1, -0.05) is 538 Å². The van der Waals surface area contributed by atoms with Gasteiger partial charge in [-0.3, -0.25) is 28.8 Å². The molecule has 3 aromatic carbocycles. The molecule has 0 heterocycles. The van der Waals surface area contributed by atoms with Crippen molar-refractivity contribution in [2.75, 3.05) is 0 Å². The van der Waals surface area contributed by atoms with Gasteiger partial charge >= 0.3 is 53.2 Å². The number of hydrogen-bond acceptors (Lipinski definition) is 12. The lowest BCUT2D eigenvalue weighted by molar-refractivity contribution is -0.459. The van der Waals surface area contributed by atoms with Gasteiger partial charge in [-0.15, -0.1) is 0 Å². The Balaban J connectivity index is 2.11. The van der Waals surface area contributed by atoms with E-state index < -0.39 is 53.2 Å². The first-order valence-electron chi connectivity index (χ1n) is 53.0. The lowest BCUT2D eigenvalue weighted by Gasteiger charge is -2.52. The highest BCUT2D eigenvalue weighted by atomic mass is 16.9. The van der Waals surface area contributed by atoms with Gasteiger partial charge in [0.15, 0.2) is 0 Å². The molecule has 0 atom stereocenters. The fourth-order valence-electron chi connectivity index (χ4n) is 18.3. The van der Waals surface area contributed by atoms with Crippen LogP contribution in [0.4, 0.5) is 0 Å². The third-order valence-corrected chi connectivity index (χ3v) is 25.9. The number of benzene rings is 3. The summed E-state index contributed by atoms with van der Waals surface area (Å²) < 4.78 is 44.6. The number of carbonyl (C=O) groups is 6. The Kier molecular flexibility index (Phi) is 66.4. The second-order valence-corrected chi connectivity index (χ2v) is 37.2. The second kappa shape index (κ2) is 74.4. The summed E-state index contributed by atoms with van der Waals surface area (Å²) in [7, 11) is 0. The fraction of sp³-hybridized carbons (Fsp3) is 0.784. The molecule has 12 heteroatoms. The van der Waals surface area contributed by atoms with Crippen molar-refractivity contribution < 1.29 is 57.2 Å². The molecule has 1 aliphatic rings. The Morgan fingerprint density at radius 2 is 0.301 bits per heavy atom. The Bertz CT molecular complexity index is 2810. The maximum Gasteiger partial charge on any atom is 0.424 e. The number of hydrogen-bond donors (Lipinski definition) is 0. The Morgan fingerprint density at radius 1 is 0.171 bits per heavy atom. The normalized spacial score (nSPS) is 13.1. The third-order valence-electron chi connectivity index (χ3n) is 25.9. The summed E-state index contributed by atoms with van der Waals surface area (Å²) in [6.07, 6.45) is 74.6. The zero-order valence-corrected chi connectivity index (χ0v) is 80.5. The molecule has 0 radical (unpaired) electrons. The van der Waals surface area contributed by atoms with Crippen LogP contribution in [0.1, 0.15) is 553 Å². The van der Waals surface area contributed by atoms with Crippen molar-refractivity contribution in [3.63, 3.8) is 0 Å². The maximum atomic E-state index is 16.5. The highest BCUT2D eigenvalue weighted by molar-refractivity contribution is 5.89. The van der Waals surface area contributed by atoms with E-state index >= 15 is 28.8 Å². The lowest BCUT2D eigenvalue weighted by Crippen LogP contribution is -2.73. The minimum atomic E-state index is -3.51. The molecule has 0 fully saturated rings. The van der Waals surface area contributed by atoms with Crippen LogP contribution in [-0.4, -0.2) is 41.6 Å². The van der Waals surface area contributed by atoms with Gasteiger partial charge in [-0.2, -0.15) is 0 Å². The molecule has 12 nitrogen and oxygen atoms in total. The van der Waals surface area contributed by atoms with Crippen molar-refractivity contribution in [1.29, 1.82) is 0 Å². The van der Waals surface area contributed by atoms with Crippen LogP contribution >= 0.6 is 0 Å². The molecule has 0 saturated heterocycles. The number of ether oxygens (including phenoxy) is 6. The van der Waals surface area contributed by atoms with Gasteiger partial charge in [0.25, 0.3) is 0 Å².